The summed E-state index contributed by atoms with van der Waals surface area (Å²) in [5.74, 6) is 0.696. The molecular weight excluding hydrogens is 293 g/mol. The minimum absolute atomic E-state index is 0.0378. The maximum atomic E-state index is 12.8. The molecule has 0 spiro atoms. The number of ether oxygens (including phenoxy) is 1. The fourth-order valence-corrected chi connectivity index (χ4v) is 2.13. The molecule has 122 valence electrons. The number of hydrogen-bond acceptors (Lipinski definition) is 2. The van der Waals surface area contributed by atoms with Crippen LogP contribution in [0.25, 0.3) is 0 Å². The van der Waals surface area contributed by atoms with Crippen molar-refractivity contribution in [2.24, 2.45) is 0 Å². The SMILES string of the molecule is CC[C@@H](C)c1ccc(OCC(=O)NCc2ccc(F)cc2)cc1. The molecule has 0 fully saturated rings. The number of carbonyl (C=O) groups excluding carboxylic acids is 1. The molecular formula is C19H22FNO2. The first kappa shape index (κ1) is 17.0. The highest BCUT2D eigenvalue weighted by atomic mass is 19.1. The van der Waals surface area contributed by atoms with Gasteiger partial charge < -0.3 is 10.1 Å². The topological polar surface area (TPSA) is 38.3 Å². The van der Waals surface area contributed by atoms with Crippen molar-refractivity contribution in [2.45, 2.75) is 32.7 Å². The lowest BCUT2D eigenvalue weighted by Crippen LogP contribution is -2.28. The summed E-state index contributed by atoms with van der Waals surface area (Å²) in [6, 6.07) is 13.9. The molecule has 3 nitrogen and oxygen atoms in total. The summed E-state index contributed by atoms with van der Waals surface area (Å²) in [6.07, 6.45) is 1.09. The number of nitrogens with one attached hydrogen (secondary N) is 1. The van der Waals surface area contributed by atoms with Gasteiger partial charge in [-0.1, -0.05) is 38.1 Å². The quantitative estimate of drug-likeness (QED) is 0.837. The monoisotopic (exact) mass is 315 g/mol. The summed E-state index contributed by atoms with van der Waals surface area (Å²) in [5.41, 5.74) is 2.11. The lowest BCUT2D eigenvalue weighted by molar-refractivity contribution is -0.123. The van der Waals surface area contributed by atoms with E-state index in [2.05, 4.69) is 19.2 Å². The summed E-state index contributed by atoms with van der Waals surface area (Å²) in [5, 5.41) is 2.74. The Morgan fingerprint density at radius 3 is 2.39 bits per heavy atom. The molecule has 0 aromatic heterocycles. The smallest absolute Gasteiger partial charge is 0.258 e. The lowest BCUT2D eigenvalue weighted by atomic mass is 9.99. The summed E-state index contributed by atoms with van der Waals surface area (Å²) >= 11 is 0. The molecule has 0 saturated heterocycles. The van der Waals surface area contributed by atoms with Crippen LogP contribution in [0.2, 0.25) is 0 Å². The van der Waals surface area contributed by atoms with Crippen LogP contribution >= 0.6 is 0 Å². The van der Waals surface area contributed by atoms with E-state index in [4.69, 9.17) is 4.74 Å². The van der Waals surface area contributed by atoms with E-state index in [0.29, 0.717) is 18.2 Å². The minimum atomic E-state index is -0.288. The Bertz CT molecular complexity index is 623. The highest BCUT2D eigenvalue weighted by molar-refractivity contribution is 5.77. The molecule has 0 aliphatic carbocycles. The van der Waals surface area contributed by atoms with E-state index < -0.39 is 0 Å². The number of rotatable bonds is 7. The normalized spacial score (nSPS) is 11.8. The van der Waals surface area contributed by atoms with Gasteiger partial charge in [-0.15, -0.1) is 0 Å². The highest BCUT2D eigenvalue weighted by Gasteiger charge is 2.05. The van der Waals surface area contributed by atoms with Gasteiger partial charge in [-0.25, -0.2) is 4.39 Å². The van der Waals surface area contributed by atoms with Crippen molar-refractivity contribution in [1.29, 1.82) is 0 Å². The predicted octanol–water partition coefficient (Wildman–Crippen LogP) is 4.03. The van der Waals surface area contributed by atoms with Crippen LogP contribution in [0.3, 0.4) is 0 Å². The zero-order valence-electron chi connectivity index (χ0n) is 13.5. The standard InChI is InChI=1S/C19H22FNO2/c1-3-14(2)16-6-10-18(11-7-16)23-13-19(22)21-12-15-4-8-17(20)9-5-15/h4-11,14H,3,12-13H2,1-2H3,(H,21,22)/t14-/m1/s1. The van der Waals surface area contributed by atoms with Crippen molar-refractivity contribution in [1.82, 2.24) is 5.32 Å². The molecule has 0 unspecified atom stereocenters. The summed E-state index contributed by atoms with van der Waals surface area (Å²) < 4.78 is 18.3. The lowest BCUT2D eigenvalue weighted by Gasteiger charge is -2.11. The summed E-state index contributed by atoms with van der Waals surface area (Å²) in [4.78, 5) is 11.8. The van der Waals surface area contributed by atoms with Crippen molar-refractivity contribution >= 4 is 5.91 Å². The summed E-state index contributed by atoms with van der Waals surface area (Å²) in [7, 11) is 0. The Morgan fingerprint density at radius 1 is 1.13 bits per heavy atom. The molecule has 0 radical (unpaired) electrons. The zero-order chi connectivity index (χ0) is 16.7. The zero-order valence-corrected chi connectivity index (χ0v) is 13.5. The van der Waals surface area contributed by atoms with Gasteiger partial charge in [0.1, 0.15) is 11.6 Å². The first-order chi connectivity index (χ1) is 11.1. The van der Waals surface area contributed by atoms with Crippen LogP contribution in [0.4, 0.5) is 4.39 Å². The molecule has 0 heterocycles. The van der Waals surface area contributed by atoms with Gasteiger partial charge in [0, 0.05) is 6.54 Å². The molecule has 1 N–H and O–H groups in total. The average molecular weight is 315 g/mol. The Balaban J connectivity index is 1.76. The largest absolute Gasteiger partial charge is 0.484 e. The van der Waals surface area contributed by atoms with Crippen molar-refractivity contribution in [3.63, 3.8) is 0 Å². The molecule has 2 aromatic rings. The average Bonchev–Trinajstić information content (AvgIpc) is 2.59. The molecule has 4 heteroatoms. The van der Waals surface area contributed by atoms with Crippen molar-refractivity contribution in [3.8, 4) is 5.75 Å². The number of hydrogen-bond donors (Lipinski definition) is 1. The molecule has 0 aliphatic heterocycles. The van der Waals surface area contributed by atoms with E-state index in [-0.39, 0.29) is 18.3 Å². The van der Waals surface area contributed by atoms with E-state index in [9.17, 15) is 9.18 Å². The fraction of sp³-hybridized carbons (Fsp3) is 0.316. The third-order valence-electron chi connectivity index (χ3n) is 3.83. The molecule has 1 atom stereocenters. The van der Waals surface area contributed by atoms with E-state index in [1.54, 1.807) is 12.1 Å². The molecule has 0 aliphatic rings. The van der Waals surface area contributed by atoms with Gasteiger partial charge >= 0.3 is 0 Å². The maximum absolute atomic E-state index is 12.8. The number of halogens is 1. The molecule has 0 saturated carbocycles. The van der Waals surface area contributed by atoms with Gasteiger partial charge in [0.2, 0.25) is 0 Å². The second-order valence-electron chi connectivity index (χ2n) is 5.57. The Morgan fingerprint density at radius 2 is 1.78 bits per heavy atom. The highest BCUT2D eigenvalue weighted by Crippen LogP contribution is 2.21. The maximum Gasteiger partial charge on any atom is 0.258 e. The van der Waals surface area contributed by atoms with Crippen molar-refractivity contribution in [3.05, 3.63) is 65.5 Å². The van der Waals surface area contributed by atoms with Crippen LogP contribution in [-0.4, -0.2) is 12.5 Å². The van der Waals surface area contributed by atoms with Crippen LogP contribution in [0.5, 0.6) is 5.75 Å². The molecule has 1 amide bonds. The van der Waals surface area contributed by atoms with Gasteiger partial charge in [0.05, 0.1) is 0 Å². The van der Waals surface area contributed by atoms with Crippen LogP contribution in [-0.2, 0) is 11.3 Å². The second kappa shape index (κ2) is 8.32. The van der Waals surface area contributed by atoms with E-state index in [1.165, 1.54) is 17.7 Å². The number of amides is 1. The van der Waals surface area contributed by atoms with Gasteiger partial charge in [0.25, 0.3) is 5.91 Å². The van der Waals surface area contributed by atoms with Gasteiger partial charge in [-0.2, -0.15) is 0 Å². The minimum Gasteiger partial charge on any atom is -0.484 e. The van der Waals surface area contributed by atoms with Crippen molar-refractivity contribution in [2.75, 3.05) is 6.61 Å². The first-order valence-corrected chi connectivity index (χ1v) is 7.82. The van der Waals surface area contributed by atoms with Gasteiger partial charge in [-0.3, -0.25) is 4.79 Å². The molecule has 0 bridgehead atoms. The van der Waals surface area contributed by atoms with E-state index in [1.807, 2.05) is 24.3 Å². The predicted molar refractivity (Wildman–Crippen MR) is 88.9 cm³/mol. The van der Waals surface area contributed by atoms with Crippen LogP contribution in [0, 0.1) is 5.82 Å². The summed E-state index contributed by atoms with van der Waals surface area (Å²) in [6.45, 7) is 4.65. The third kappa shape index (κ3) is 5.40. The van der Waals surface area contributed by atoms with Crippen LogP contribution in [0.1, 0.15) is 37.3 Å². The Labute approximate surface area is 136 Å². The number of carbonyl (C=O) groups is 1. The molecule has 2 aromatic carbocycles. The van der Waals surface area contributed by atoms with Crippen LogP contribution in [0.15, 0.2) is 48.5 Å². The molecule has 23 heavy (non-hydrogen) atoms. The fourth-order valence-electron chi connectivity index (χ4n) is 2.13. The molecule has 2 rings (SSSR count). The van der Waals surface area contributed by atoms with Crippen molar-refractivity contribution < 1.29 is 13.9 Å². The number of benzene rings is 2. The first-order valence-electron chi connectivity index (χ1n) is 7.82. The Kier molecular flexibility index (Phi) is 6.15. The van der Waals surface area contributed by atoms with E-state index >= 15 is 0 Å². The van der Waals surface area contributed by atoms with Crippen LogP contribution < -0.4 is 10.1 Å². The second-order valence-corrected chi connectivity index (χ2v) is 5.57. The van der Waals surface area contributed by atoms with E-state index in [0.717, 1.165) is 12.0 Å². The van der Waals surface area contributed by atoms with Gasteiger partial charge in [-0.05, 0) is 47.7 Å². The third-order valence-corrected chi connectivity index (χ3v) is 3.83. The van der Waals surface area contributed by atoms with Gasteiger partial charge in [0.15, 0.2) is 6.61 Å². The Hall–Kier alpha value is -2.36.